The Hall–Kier alpha value is -0.810. The molecule has 1 atom stereocenters. The predicted molar refractivity (Wildman–Crippen MR) is 53.4 cm³/mol. The van der Waals surface area contributed by atoms with Crippen molar-refractivity contribution < 1.29 is 12.8 Å². The van der Waals surface area contributed by atoms with Crippen LogP contribution in [0.3, 0.4) is 0 Å². The minimum atomic E-state index is -3.46. The van der Waals surface area contributed by atoms with Crippen molar-refractivity contribution in [3.8, 4) is 0 Å². The second-order valence-electron chi connectivity index (χ2n) is 3.24. The SMILES string of the molecule is CCCC(C)NS(=O)(=O)c1ccco1. The van der Waals surface area contributed by atoms with E-state index >= 15 is 0 Å². The molecule has 4 nitrogen and oxygen atoms in total. The molecule has 0 spiro atoms. The van der Waals surface area contributed by atoms with Gasteiger partial charge in [0.2, 0.25) is 5.09 Å². The lowest BCUT2D eigenvalue weighted by molar-refractivity contribution is 0.440. The number of nitrogens with one attached hydrogen (secondary N) is 1. The Morgan fingerprint density at radius 1 is 1.57 bits per heavy atom. The van der Waals surface area contributed by atoms with Crippen LogP contribution >= 0.6 is 0 Å². The molecule has 1 aromatic heterocycles. The Bertz CT molecular complexity index is 355. The summed E-state index contributed by atoms with van der Waals surface area (Å²) in [6, 6.07) is 2.93. The van der Waals surface area contributed by atoms with Crippen LogP contribution in [0.4, 0.5) is 0 Å². The summed E-state index contributed by atoms with van der Waals surface area (Å²) in [7, 11) is -3.46. The lowest BCUT2D eigenvalue weighted by Gasteiger charge is -2.11. The van der Waals surface area contributed by atoms with Gasteiger partial charge >= 0.3 is 0 Å². The van der Waals surface area contributed by atoms with Crippen LogP contribution in [0.1, 0.15) is 26.7 Å². The van der Waals surface area contributed by atoms with Gasteiger partial charge in [-0.25, -0.2) is 13.1 Å². The molecule has 80 valence electrons. The molecule has 0 aliphatic rings. The minimum absolute atomic E-state index is 0.0274. The summed E-state index contributed by atoms with van der Waals surface area (Å²) in [4.78, 5) is 0. The van der Waals surface area contributed by atoms with Crippen LogP contribution in [0.25, 0.3) is 0 Å². The van der Waals surface area contributed by atoms with E-state index in [0.717, 1.165) is 12.8 Å². The molecular formula is C9H15NO3S. The van der Waals surface area contributed by atoms with Crippen molar-refractivity contribution in [2.75, 3.05) is 0 Å². The predicted octanol–water partition coefficient (Wildman–Crippen LogP) is 1.75. The summed E-state index contributed by atoms with van der Waals surface area (Å²) < 4.78 is 30.5. The average molecular weight is 217 g/mol. The summed E-state index contributed by atoms with van der Waals surface area (Å²) >= 11 is 0. The van der Waals surface area contributed by atoms with E-state index in [1.165, 1.54) is 12.3 Å². The van der Waals surface area contributed by atoms with Crippen LogP contribution in [0.5, 0.6) is 0 Å². The van der Waals surface area contributed by atoms with Gasteiger partial charge in [0.1, 0.15) is 0 Å². The fourth-order valence-electron chi connectivity index (χ4n) is 1.23. The number of rotatable bonds is 5. The summed E-state index contributed by atoms with van der Waals surface area (Å²) in [5, 5.41) is -0.0274. The van der Waals surface area contributed by atoms with E-state index in [-0.39, 0.29) is 11.1 Å². The minimum Gasteiger partial charge on any atom is -0.452 e. The molecule has 14 heavy (non-hydrogen) atoms. The van der Waals surface area contributed by atoms with E-state index in [0.29, 0.717) is 0 Å². The van der Waals surface area contributed by atoms with Crippen molar-refractivity contribution in [1.29, 1.82) is 0 Å². The van der Waals surface area contributed by atoms with Crippen LogP contribution in [0.2, 0.25) is 0 Å². The van der Waals surface area contributed by atoms with Crippen molar-refractivity contribution >= 4 is 10.0 Å². The Morgan fingerprint density at radius 2 is 2.29 bits per heavy atom. The van der Waals surface area contributed by atoms with E-state index in [9.17, 15) is 8.42 Å². The first kappa shape index (κ1) is 11.3. The van der Waals surface area contributed by atoms with Gasteiger partial charge in [0.15, 0.2) is 0 Å². The Labute approximate surface area is 84.4 Å². The van der Waals surface area contributed by atoms with Gasteiger partial charge in [0.05, 0.1) is 6.26 Å². The molecule has 1 N–H and O–H groups in total. The summed E-state index contributed by atoms with van der Waals surface area (Å²) in [5.41, 5.74) is 0. The van der Waals surface area contributed by atoms with Crippen molar-refractivity contribution in [2.45, 2.75) is 37.8 Å². The van der Waals surface area contributed by atoms with E-state index in [1.54, 1.807) is 6.07 Å². The fraction of sp³-hybridized carbons (Fsp3) is 0.556. The third kappa shape index (κ3) is 2.85. The maximum atomic E-state index is 11.6. The zero-order chi connectivity index (χ0) is 10.6. The number of hydrogen-bond acceptors (Lipinski definition) is 3. The smallest absolute Gasteiger partial charge is 0.274 e. The van der Waals surface area contributed by atoms with Gasteiger partial charge in [0.25, 0.3) is 10.0 Å². The molecule has 0 amide bonds. The second-order valence-corrected chi connectivity index (χ2v) is 4.89. The molecule has 1 aromatic rings. The highest BCUT2D eigenvalue weighted by Crippen LogP contribution is 2.10. The molecule has 1 heterocycles. The largest absolute Gasteiger partial charge is 0.452 e. The van der Waals surface area contributed by atoms with Gasteiger partial charge in [-0.2, -0.15) is 0 Å². The van der Waals surface area contributed by atoms with Crippen molar-refractivity contribution in [3.05, 3.63) is 18.4 Å². The van der Waals surface area contributed by atoms with Gasteiger partial charge in [0, 0.05) is 6.04 Å². The summed E-state index contributed by atoms with van der Waals surface area (Å²) in [6.07, 6.45) is 3.11. The first-order valence-electron chi connectivity index (χ1n) is 4.62. The molecule has 0 saturated carbocycles. The van der Waals surface area contributed by atoms with E-state index in [1.807, 2.05) is 13.8 Å². The first-order chi connectivity index (χ1) is 6.56. The number of hydrogen-bond donors (Lipinski definition) is 1. The third-order valence-electron chi connectivity index (χ3n) is 1.84. The van der Waals surface area contributed by atoms with Gasteiger partial charge < -0.3 is 4.42 Å². The van der Waals surface area contributed by atoms with Gasteiger partial charge in [-0.05, 0) is 25.5 Å². The molecule has 0 aliphatic carbocycles. The monoisotopic (exact) mass is 217 g/mol. The maximum Gasteiger partial charge on any atom is 0.274 e. The fourth-order valence-corrected chi connectivity index (χ4v) is 2.43. The quantitative estimate of drug-likeness (QED) is 0.817. The van der Waals surface area contributed by atoms with Gasteiger partial charge in [-0.15, -0.1) is 0 Å². The van der Waals surface area contributed by atoms with Crippen molar-refractivity contribution in [1.82, 2.24) is 4.72 Å². The molecule has 0 radical (unpaired) electrons. The lowest BCUT2D eigenvalue weighted by atomic mass is 10.2. The van der Waals surface area contributed by atoms with Gasteiger partial charge in [-0.3, -0.25) is 0 Å². The Balaban J connectivity index is 2.68. The molecule has 1 rings (SSSR count). The second kappa shape index (κ2) is 4.61. The summed E-state index contributed by atoms with van der Waals surface area (Å²) in [6.45, 7) is 3.85. The van der Waals surface area contributed by atoms with Crippen LogP contribution in [-0.2, 0) is 10.0 Å². The zero-order valence-electron chi connectivity index (χ0n) is 8.36. The zero-order valence-corrected chi connectivity index (χ0v) is 9.17. The van der Waals surface area contributed by atoms with Crippen LogP contribution < -0.4 is 4.72 Å². The highest BCUT2D eigenvalue weighted by molar-refractivity contribution is 7.89. The third-order valence-corrected chi connectivity index (χ3v) is 3.31. The average Bonchev–Trinajstić information content (AvgIpc) is 2.54. The van der Waals surface area contributed by atoms with Crippen molar-refractivity contribution in [3.63, 3.8) is 0 Å². The molecular weight excluding hydrogens is 202 g/mol. The molecule has 0 fully saturated rings. The van der Waals surface area contributed by atoms with Crippen LogP contribution in [0.15, 0.2) is 27.9 Å². The Morgan fingerprint density at radius 3 is 2.79 bits per heavy atom. The topological polar surface area (TPSA) is 59.3 Å². The normalized spacial score (nSPS) is 14.1. The molecule has 0 aliphatic heterocycles. The molecule has 0 bridgehead atoms. The standard InChI is InChI=1S/C9H15NO3S/c1-3-5-8(2)10-14(11,12)9-6-4-7-13-9/h4,6-8,10H,3,5H2,1-2H3. The van der Waals surface area contributed by atoms with E-state index < -0.39 is 10.0 Å². The molecule has 0 aromatic carbocycles. The lowest BCUT2D eigenvalue weighted by Crippen LogP contribution is -2.32. The number of sulfonamides is 1. The maximum absolute atomic E-state index is 11.6. The number of furan rings is 1. The van der Waals surface area contributed by atoms with Crippen LogP contribution in [-0.4, -0.2) is 14.5 Å². The highest BCUT2D eigenvalue weighted by atomic mass is 32.2. The molecule has 1 unspecified atom stereocenters. The Kier molecular flexibility index (Phi) is 3.71. The van der Waals surface area contributed by atoms with E-state index in [4.69, 9.17) is 4.42 Å². The van der Waals surface area contributed by atoms with Crippen LogP contribution in [0, 0.1) is 0 Å². The molecule has 5 heteroatoms. The first-order valence-corrected chi connectivity index (χ1v) is 6.10. The van der Waals surface area contributed by atoms with Crippen molar-refractivity contribution in [2.24, 2.45) is 0 Å². The highest BCUT2D eigenvalue weighted by Gasteiger charge is 2.18. The molecule has 0 saturated heterocycles. The van der Waals surface area contributed by atoms with Gasteiger partial charge in [-0.1, -0.05) is 13.3 Å². The van der Waals surface area contributed by atoms with E-state index in [2.05, 4.69) is 4.72 Å². The summed E-state index contributed by atoms with van der Waals surface area (Å²) in [5.74, 6) is 0.